The standard InChI is InChI=1S/2C25H31.C2H7Si.2ClH.Zr/c2*1-15(2)20-12-21(16(3)4)14-22(13-20)25-23(17(5)6)9-8-19-10-18(7)11-24(19)25;1-3-2;;;/h2*8-17H,1-7H3;3H,1-2H3;2*1H;/q;;;;;+2/p-2. The van der Waals surface area contributed by atoms with Gasteiger partial charge in [0.2, 0.25) is 0 Å². The van der Waals surface area contributed by atoms with E-state index in [2.05, 4.69) is 183 Å². The van der Waals surface area contributed by atoms with E-state index in [0.29, 0.717) is 35.5 Å². The molecule has 0 spiro atoms. The van der Waals surface area contributed by atoms with Gasteiger partial charge in [-0.2, -0.15) is 0 Å². The fraction of sp³-hybridized carbons (Fsp3) is 0.462. The third-order valence-electron chi connectivity index (χ3n) is 13.5. The number of halogens is 2. The van der Waals surface area contributed by atoms with Crippen LogP contribution in [-0.4, -0.2) is 5.92 Å². The molecule has 0 saturated carbocycles. The molecule has 2 aliphatic carbocycles. The van der Waals surface area contributed by atoms with Gasteiger partial charge in [0.05, 0.1) is 0 Å². The number of rotatable bonds is 11. The zero-order chi connectivity index (χ0) is 41.4. The van der Waals surface area contributed by atoms with Gasteiger partial charge in [-0.1, -0.05) is 0 Å². The van der Waals surface area contributed by atoms with Crippen molar-refractivity contribution in [2.75, 3.05) is 0 Å². The van der Waals surface area contributed by atoms with Crippen molar-refractivity contribution >= 4 is 35.1 Å². The second kappa shape index (κ2) is 15.9. The first-order valence-electron chi connectivity index (χ1n) is 21.7. The summed E-state index contributed by atoms with van der Waals surface area (Å²) in [7, 11) is 17.6. The molecule has 0 N–H and O–H groups in total. The summed E-state index contributed by atoms with van der Waals surface area (Å²) in [6.45, 7) is 37.5. The van der Waals surface area contributed by atoms with Gasteiger partial charge in [-0.05, 0) is 0 Å². The molecule has 0 heterocycles. The third-order valence-corrected chi connectivity index (χ3v) is 65.8. The average molecular weight is 884 g/mol. The van der Waals surface area contributed by atoms with E-state index < -0.39 is 21.5 Å². The monoisotopic (exact) mass is 881 g/mol. The van der Waals surface area contributed by atoms with Gasteiger partial charge in [0.25, 0.3) is 0 Å². The Kier molecular flexibility index (Phi) is 12.4. The molecule has 2 aliphatic rings. The molecule has 56 heavy (non-hydrogen) atoms. The van der Waals surface area contributed by atoms with Gasteiger partial charge in [0, 0.05) is 0 Å². The summed E-state index contributed by atoms with van der Waals surface area (Å²) in [6.07, 6.45) is 5.00. The van der Waals surface area contributed by atoms with E-state index in [1.165, 1.54) is 89.0 Å². The molecule has 2 unspecified atom stereocenters. The summed E-state index contributed by atoms with van der Waals surface area (Å²) in [5.74, 6) is 0.872. The molecule has 2 atom stereocenters. The molecule has 0 amide bonds. The molecule has 0 aromatic heterocycles. The summed E-state index contributed by atoms with van der Waals surface area (Å²) in [4.78, 5) is 0. The molecule has 0 radical (unpaired) electrons. The minimum absolute atomic E-state index is 0.0589. The van der Waals surface area contributed by atoms with Crippen molar-refractivity contribution in [3.8, 4) is 22.3 Å². The van der Waals surface area contributed by atoms with E-state index in [0.717, 1.165) is 0 Å². The van der Waals surface area contributed by atoms with E-state index in [9.17, 15) is 0 Å². The minimum atomic E-state index is -4.92. The van der Waals surface area contributed by atoms with Crippen LogP contribution >= 0.6 is 17.0 Å². The van der Waals surface area contributed by atoms with E-state index in [-0.39, 0.29) is 7.25 Å². The van der Waals surface area contributed by atoms with E-state index in [1.807, 2.05) is 0 Å². The Morgan fingerprint density at radius 3 is 1.02 bits per heavy atom. The number of fused-ring (bicyclic) bond motifs is 2. The normalized spacial score (nSPS) is 17.8. The molecular formula is C52H69Cl2SiZr. The second-order valence-electron chi connectivity index (χ2n) is 19.8. The van der Waals surface area contributed by atoms with Crippen molar-refractivity contribution in [2.45, 2.75) is 153 Å². The van der Waals surface area contributed by atoms with Gasteiger partial charge in [0.1, 0.15) is 0 Å². The molecule has 0 aliphatic heterocycles. The van der Waals surface area contributed by atoms with Crippen LogP contribution in [0.15, 0.2) is 71.8 Å². The fourth-order valence-electron chi connectivity index (χ4n) is 10.1. The molecular weight excluding hydrogens is 815 g/mol. The molecule has 299 valence electrons. The Balaban J connectivity index is 1.62. The average Bonchev–Trinajstić information content (AvgIpc) is 3.66. The maximum atomic E-state index is 8.81. The molecule has 0 saturated heterocycles. The summed E-state index contributed by atoms with van der Waals surface area (Å²) in [5, 5.41) is 0. The molecule has 0 bridgehead atoms. The zero-order valence-corrected chi connectivity index (χ0v) is 42.5. The van der Waals surface area contributed by atoms with Crippen molar-refractivity contribution in [3.05, 3.63) is 127 Å². The number of hydrogen-bond donors (Lipinski definition) is 0. The van der Waals surface area contributed by atoms with Crippen molar-refractivity contribution in [1.82, 2.24) is 0 Å². The van der Waals surface area contributed by atoms with Gasteiger partial charge in [-0.25, -0.2) is 0 Å². The molecule has 0 nitrogen and oxygen atoms in total. The number of benzene rings is 4. The topological polar surface area (TPSA) is 0 Å². The first-order chi connectivity index (χ1) is 26.1. The van der Waals surface area contributed by atoms with Crippen LogP contribution in [0.3, 0.4) is 0 Å². The number of hydrogen-bond acceptors (Lipinski definition) is 0. The Hall–Kier alpha value is -1.96. The SMILES string of the molecule is CC1=Cc2c(ccc(C(C)C)c2-c2cc(C(C)C)cc(C(C)C)c2)[CH]1[Zr]([Cl])([Cl])([CH]1C(C)=Cc2c1ccc(C(C)C)c2-c1cc(C(C)C)cc(C(C)C)c1)[SiH](C)C. The Bertz CT molecular complexity index is 2020. The van der Waals surface area contributed by atoms with Crippen molar-refractivity contribution < 1.29 is 15.6 Å². The summed E-state index contributed by atoms with van der Waals surface area (Å²) < 4.78 is 0.118. The van der Waals surface area contributed by atoms with Gasteiger partial charge in [-0.3, -0.25) is 0 Å². The van der Waals surface area contributed by atoms with Crippen LogP contribution in [0, 0.1) is 0 Å². The molecule has 4 heteroatoms. The van der Waals surface area contributed by atoms with E-state index >= 15 is 0 Å². The van der Waals surface area contributed by atoms with E-state index in [1.54, 1.807) is 0 Å². The first-order valence-corrected chi connectivity index (χ1v) is 38.0. The van der Waals surface area contributed by atoms with Crippen molar-refractivity contribution in [3.63, 3.8) is 0 Å². The van der Waals surface area contributed by atoms with Crippen LogP contribution in [0.25, 0.3) is 34.4 Å². The molecule has 6 rings (SSSR count). The third kappa shape index (κ3) is 7.33. The van der Waals surface area contributed by atoms with Crippen LogP contribution in [0.1, 0.15) is 195 Å². The summed E-state index contributed by atoms with van der Waals surface area (Å²) >= 11 is -4.92. The predicted molar refractivity (Wildman–Crippen MR) is 252 cm³/mol. The Morgan fingerprint density at radius 1 is 0.464 bits per heavy atom. The van der Waals surface area contributed by atoms with Gasteiger partial charge in [-0.15, -0.1) is 0 Å². The van der Waals surface area contributed by atoms with Crippen LogP contribution in [0.4, 0.5) is 0 Å². The predicted octanol–water partition coefficient (Wildman–Crippen LogP) is 17.4. The quantitative estimate of drug-likeness (QED) is 0.132. The first kappa shape index (κ1) is 43.6. The van der Waals surface area contributed by atoms with E-state index in [4.69, 9.17) is 17.0 Å². The Labute approximate surface area is 350 Å². The molecule has 4 aromatic rings. The zero-order valence-electron chi connectivity index (χ0n) is 37.4. The van der Waals surface area contributed by atoms with Crippen LogP contribution in [-0.2, 0) is 15.6 Å². The number of allylic oxidation sites excluding steroid dienone is 2. The van der Waals surface area contributed by atoms with Crippen LogP contribution < -0.4 is 0 Å². The van der Waals surface area contributed by atoms with Crippen LogP contribution in [0.5, 0.6) is 0 Å². The maximum absolute atomic E-state index is 8.81. The summed E-state index contributed by atoms with van der Waals surface area (Å²) in [6, 6.07) is 24.4. The fourth-order valence-corrected chi connectivity index (χ4v) is 43.0. The van der Waals surface area contributed by atoms with Crippen LogP contribution in [0.2, 0.25) is 13.1 Å². The Morgan fingerprint density at radius 2 is 0.768 bits per heavy atom. The molecule has 4 aromatic carbocycles. The summed E-state index contributed by atoms with van der Waals surface area (Å²) in [5.41, 5.74) is 22.0. The second-order valence-corrected chi connectivity index (χ2v) is 62.3. The van der Waals surface area contributed by atoms with Crippen molar-refractivity contribution in [1.29, 1.82) is 0 Å². The molecule has 0 fully saturated rings. The van der Waals surface area contributed by atoms with Crippen molar-refractivity contribution in [2.24, 2.45) is 0 Å². The van der Waals surface area contributed by atoms with Gasteiger partial charge >= 0.3 is 353 Å². The van der Waals surface area contributed by atoms with Gasteiger partial charge < -0.3 is 0 Å². The van der Waals surface area contributed by atoms with Gasteiger partial charge in [0.15, 0.2) is 0 Å².